The molecule has 0 spiro atoms. The molecule has 4 heteroatoms. The molecule has 1 unspecified atom stereocenters. The van der Waals surface area contributed by atoms with E-state index in [-0.39, 0.29) is 6.23 Å². The predicted molar refractivity (Wildman–Crippen MR) is 83.0 cm³/mol. The second kappa shape index (κ2) is 6.24. The molecular formula is C17H16N2O2. The van der Waals surface area contributed by atoms with Gasteiger partial charge in [0.15, 0.2) is 12.1 Å². The highest BCUT2D eigenvalue weighted by Crippen LogP contribution is 2.19. The number of ether oxygens (including phenoxy) is 1. The normalized spacial score (nSPS) is 17.6. The van der Waals surface area contributed by atoms with Gasteiger partial charge in [0.1, 0.15) is 5.75 Å². The summed E-state index contributed by atoms with van der Waals surface area (Å²) in [4.78, 5) is 9.92. The fraction of sp³-hybridized carbons (Fsp3) is 0.118. The minimum Gasteiger partial charge on any atom is -0.496 e. The average molecular weight is 280 g/mol. The number of hydroxylamine groups is 1. The van der Waals surface area contributed by atoms with E-state index >= 15 is 0 Å². The maximum atomic E-state index is 5.43. The molecule has 1 atom stereocenters. The van der Waals surface area contributed by atoms with Crippen molar-refractivity contribution in [1.29, 1.82) is 0 Å². The summed E-state index contributed by atoms with van der Waals surface area (Å²) < 4.78 is 5.31. The van der Waals surface area contributed by atoms with Gasteiger partial charge in [0.25, 0.3) is 0 Å². The quantitative estimate of drug-likeness (QED) is 0.936. The van der Waals surface area contributed by atoms with E-state index in [1.54, 1.807) is 7.11 Å². The lowest BCUT2D eigenvalue weighted by molar-refractivity contribution is 0.0682. The van der Waals surface area contributed by atoms with E-state index in [1.807, 2.05) is 66.7 Å². The van der Waals surface area contributed by atoms with Gasteiger partial charge in [-0.1, -0.05) is 54.6 Å². The molecule has 0 saturated carbocycles. The number of hydrogen-bond donors (Lipinski definition) is 1. The van der Waals surface area contributed by atoms with Gasteiger partial charge in [-0.3, -0.25) is 0 Å². The van der Waals surface area contributed by atoms with Gasteiger partial charge < -0.3 is 4.74 Å². The number of methoxy groups -OCH3 is 1. The Balaban J connectivity index is 1.75. The van der Waals surface area contributed by atoms with Crippen LogP contribution in [0.4, 0.5) is 0 Å². The van der Waals surface area contributed by atoms with Crippen molar-refractivity contribution in [1.82, 2.24) is 5.48 Å². The van der Waals surface area contributed by atoms with E-state index in [0.717, 1.165) is 22.7 Å². The Labute approximate surface area is 123 Å². The number of nitrogens with zero attached hydrogens (tertiary/aromatic N) is 1. The summed E-state index contributed by atoms with van der Waals surface area (Å²) in [6.07, 6.45) is 3.49. The summed E-state index contributed by atoms with van der Waals surface area (Å²) in [6, 6.07) is 17.7. The van der Waals surface area contributed by atoms with Gasteiger partial charge in [0.05, 0.1) is 7.11 Å². The van der Waals surface area contributed by atoms with Crippen LogP contribution in [0.25, 0.3) is 6.08 Å². The smallest absolute Gasteiger partial charge is 0.196 e. The number of para-hydroxylation sites is 1. The zero-order valence-corrected chi connectivity index (χ0v) is 11.7. The Morgan fingerprint density at radius 2 is 1.86 bits per heavy atom. The molecule has 21 heavy (non-hydrogen) atoms. The molecule has 0 bridgehead atoms. The fourth-order valence-corrected chi connectivity index (χ4v) is 2.10. The number of aliphatic imine (C=N–C) groups is 1. The second-order valence-electron chi connectivity index (χ2n) is 4.56. The van der Waals surface area contributed by atoms with Crippen LogP contribution in [-0.2, 0) is 4.84 Å². The number of rotatable bonds is 4. The van der Waals surface area contributed by atoms with Crippen LogP contribution in [0, 0.1) is 0 Å². The van der Waals surface area contributed by atoms with Crippen molar-refractivity contribution >= 4 is 11.9 Å². The molecule has 2 aromatic rings. The van der Waals surface area contributed by atoms with Crippen LogP contribution in [0.1, 0.15) is 11.1 Å². The highest BCUT2D eigenvalue weighted by molar-refractivity contribution is 5.98. The van der Waals surface area contributed by atoms with Crippen molar-refractivity contribution < 1.29 is 9.57 Å². The van der Waals surface area contributed by atoms with E-state index in [0.29, 0.717) is 0 Å². The van der Waals surface area contributed by atoms with Crippen LogP contribution in [0.2, 0.25) is 0 Å². The van der Waals surface area contributed by atoms with Crippen LogP contribution in [0.5, 0.6) is 5.75 Å². The van der Waals surface area contributed by atoms with Crippen molar-refractivity contribution in [3.63, 3.8) is 0 Å². The van der Waals surface area contributed by atoms with Crippen LogP contribution < -0.4 is 10.2 Å². The van der Waals surface area contributed by atoms with E-state index in [1.165, 1.54) is 0 Å². The van der Waals surface area contributed by atoms with Gasteiger partial charge in [0.2, 0.25) is 0 Å². The Kier molecular flexibility index (Phi) is 3.98. The predicted octanol–water partition coefficient (Wildman–Crippen LogP) is 3.02. The maximum absolute atomic E-state index is 5.43. The molecule has 1 aliphatic heterocycles. The van der Waals surface area contributed by atoms with Gasteiger partial charge in [0, 0.05) is 11.1 Å². The van der Waals surface area contributed by atoms with Crippen LogP contribution in [0.15, 0.2) is 65.7 Å². The zero-order chi connectivity index (χ0) is 14.5. The third-order valence-corrected chi connectivity index (χ3v) is 3.16. The molecule has 1 N–H and O–H groups in total. The van der Waals surface area contributed by atoms with Crippen molar-refractivity contribution in [2.45, 2.75) is 6.23 Å². The Morgan fingerprint density at radius 3 is 2.67 bits per heavy atom. The molecule has 2 aromatic carbocycles. The Bertz CT molecular complexity index is 666. The lowest BCUT2D eigenvalue weighted by Gasteiger charge is -2.04. The monoisotopic (exact) mass is 280 g/mol. The van der Waals surface area contributed by atoms with E-state index in [9.17, 15) is 0 Å². The molecule has 0 aliphatic carbocycles. The van der Waals surface area contributed by atoms with E-state index < -0.39 is 0 Å². The minimum atomic E-state index is -0.342. The standard InChI is InChI=1S/C17H16N2O2/c1-20-15-10-6-5-7-13(15)11-12-16-18-17(19-21-16)14-8-3-2-4-9-14/h2-12,16H,1H3,(H,18,19)/b12-11+. The van der Waals surface area contributed by atoms with Crippen molar-refractivity contribution in [2.75, 3.05) is 7.11 Å². The van der Waals surface area contributed by atoms with Gasteiger partial charge in [-0.2, -0.15) is 0 Å². The molecule has 106 valence electrons. The van der Waals surface area contributed by atoms with Crippen molar-refractivity contribution in [3.8, 4) is 5.75 Å². The lowest BCUT2D eigenvalue weighted by atomic mass is 10.2. The van der Waals surface area contributed by atoms with Crippen LogP contribution in [-0.4, -0.2) is 19.2 Å². The molecule has 3 rings (SSSR count). The Hall–Kier alpha value is -2.59. The first-order valence-electron chi connectivity index (χ1n) is 6.73. The van der Waals surface area contributed by atoms with Crippen molar-refractivity contribution in [3.05, 3.63) is 71.8 Å². The van der Waals surface area contributed by atoms with Crippen LogP contribution in [0.3, 0.4) is 0 Å². The lowest BCUT2D eigenvalue weighted by Crippen LogP contribution is -2.18. The molecule has 0 saturated heterocycles. The third kappa shape index (κ3) is 3.12. The summed E-state index contributed by atoms with van der Waals surface area (Å²) in [5.74, 6) is 1.57. The highest BCUT2D eigenvalue weighted by atomic mass is 16.7. The molecule has 0 aromatic heterocycles. The molecule has 0 fully saturated rings. The highest BCUT2D eigenvalue weighted by Gasteiger charge is 2.16. The molecule has 1 heterocycles. The van der Waals surface area contributed by atoms with E-state index in [2.05, 4.69) is 10.5 Å². The first kappa shape index (κ1) is 13.4. The summed E-state index contributed by atoms with van der Waals surface area (Å²) in [5, 5.41) is 0. The topological polar surface area (TPSA) is 42.8 Å². The first-order valence-corrected chi connectivity index (χ1v) is 6.73. The molecule has 0 amide bonds. The summed E-state index contributed by atoms with van der Waals surface area (Å²) >= 11 is 0. The van der Waals surface area contributed by atoms with Gasteiger partial charge >= 0.3 is 0 Å². The van der Waals surface area contributed by atoms with Crippen LogP contribution >= 0.6 is 0 Å². The SMILES string of the molecule is COc1ccccc1/C=C/C1N=C(c2ccccc2)NO1. The first-order chi connectivity index (χ1) is 10.4. The summed E-state index contributed by atoms with van der Waals surface area (Å²) in [5.41, 5.74) is 4.85. The number of amidine groups is 1. The number of hydrogen-bond acceptors (Lipinski definition) is 4. The largest absolute Gasteiger partial charge is 0.496 e. The number of nitrogens with one attached hydrogen (secondary N) is 1. The maximum Gasteiger partial charge on any atom is 0.196 e. The van der Waals surface area contributed by atoms with Gasteiger partial charge in [-0.25, -0.2) is 15.3 Å². The Morgan fingerprint density at radius 1 is 1.10 bits per heavy atom. The van der Waals surface area contributed by atoms with Crippen molar-refractivity contribution in [2.24, 2.45) is 4.99 Å². The average Bonchev–Trinajstić information content (AvgIpc) is 3.03. The molecular weight excluding hydrogens is 264 g/mol. The summed E-state index contributed by atoms with van der Waals surface area (Å²) in [6.45, 7) is 0. The second-order valence-corrected chi connectivity index (χ2v) is 4.56. The van der Waals surface area contributed by atoms with Gasteiger partial charge in [-0.05, 0) is 12.1 Å². The molecule has 0 radical (unpaired) electrons. The fourth-order valence-electron chi connectivity index (χ4n) is 2.10. The number of benzene rings is 2. The van der Waals surface area contributed by atoms with Gasteiger partial charge in [-0.15, -0.1) is 0 Å². The zero-order valence-electron chi connectivity index (χ0n) is 11.7. The van der Waals surface area contributed by atoms with E-state index in [4.69, 9.17) is 9.57 Å². The minimum absolute atomic E-state index is 0.342. The third-order valence-electron chi connectivity index (χ3n) is 3.16. The molecule has 1 aliphatic rings. The molecule has 4 nitrogen and oxygen atoms in total. The summed E-state index contributed by atoms with van der Waals surface area (Å²) in [7, 11) is 1.66.